The summed E-state index contributed by atoms with van der Waals surface area (Å²) in [5.41, 5.74) is 6.76. The van der Waals surface area contributed by atoms with Crippen molar-refractivity contribution in [2.45, 2.75) is 37.9 Å². The number of carbonyl (C=O) groups is 2. The minimum Gasteiger partial charge on any atom is -0.397 e. The number of aromatic nitrogens is 1. The Hall–Kier alpha value is -3.20. The summed E-state index contributed by atoms with van der Waals surface area (Å²) in [6, 6.07) is 8.09. The summed E-state index contributed by atoms with van der Waals surface area (Å²) < 4.78 is 20.7. The number of rotatable bonds is 4. The number of benzene rings is 1. The van der Waals surface area contributed by atoms with Crippen LogP contribution in [-0.4, -0.2) is 54.2 Å². The molecule has 2 saturated heterocycles. The highest BCUT2D eigenvalue weighted by Gasteiger charge is 2.39. The Bertz CT molecular complexity index is 984. The Morgan fingerprint density at radius 1 is 1.25 bits per heavy atom. The number of amides is 3. The molecule has 0 aliphatic carbocycles. The van der Waals surface area contributed by atoms with Gasteiger partial charge in [-0.3, -0.25) is 9.78 Å². The van der Waals surface area contributed by atoms with E-state index in [1.807, 2.05) is 6.92 Å². The lowest BCUT2D eigenvalue weighted by Crippen LogP contribution is -2.43. The van der Waals surface area contributed by atoms with E-state index in [-0.39, 0.29) is 43.9 Å². The standard InChI is InChI=1S/C23H28FN5O3/c1-15-2-3-16(12-19(15)28-22(31)27-18-6-11-32-14-18)21(30)29-9-7-23(24,8-10-29)20-5-4-17(25)13-26-20/h2-5,12-13,18H,6-11,14,25H2,1H3,(H2,27,28,31)/t18-/m1/s1. The average Bonchev–Trinajstić information content (AvgIpc) is 3.28. The van der Waals surface area contributed by atoms with Gasteiger partial charge in [0, 0.05) is 43.8 Å². The van der Waals surface area contributed by atoms with Gasteiger partial charge in [-0.2, -0.15) is 0 Å². The first kappa shape index (κ1) is 22.0. The lowest BCUT2D eigenvalue weighted by atomic mass is 9.89. The summed E-state index contributed by atoms with van der Waals surface area (Å²) >= 11 is 0. The number of ether oxygens (including phenoxy) is 1. The summed E-state index contributed by atoms with van der Waals surface area (Å²) in [5, 5.41) is 5.69. The second-order valence-electron chi connectivity index (χ2n) is 8.42. The van der Waals surface area contributed by atoms with Crippen LogP contribution in [0, 0.1) is 6.92 Å². The maximum absolute atomic E-state index is 15.4. The molecule has 32 heavy (non-hydrogen) atoms. The fourth-order valence-electron chi connectivity index (χ4n) is 4.06. The smallest absolute Gasteiger partial charge is 0.319 e. The molecule has 1 aromatic heterocycles. The van der Waals surface area contributed by atoms with Crippen molar-refractivity contribution in [3.8, 4) is 0 Å². The molecular formula is C23H28FN5O3. The SMILES string of the molecule is Cc1ccc(C(=O)N2CCC(F)(c3ccc(N)cn3)CC2)cc1NC(=O)N[C@@H]1CCOC1. The summed E-state index contributed by atoms with van der Waals surface area (Å²) in [6.07, 6.45) is 2.56. The molecule has 4 N–H and O–H groups in total. The molecule has 3 amide bonds. The zero-order valence-corrected chi connectivity index (χ0v) is 18.1. The number of anilines is 2. The van der Waals surface area contributed by atoms with Crippen LogP contribution in [0.15, 0.2) is 36.5 Å². The minimum atomic E-state index is -1.58. The van der Waals surface area contributed by atoms with Crippen molar-refractivity contribution >= 4 is 23.3 Å². The number of urea groups is 1. The van der Waals surface area contributed by atoms with Gasteiger partial charge in [-0.1, -0.05) is 6.07 Å². The van der Waals surface area contributed by atoms with Gasteiger partial charge in [0.15, 0.2) is 5.67 Å². The van der Waals surface area contributed by atoms with E-state index in [0.29, 0.717) is 35.8 Å². The molecule has 8 nitrogen and oxygen atoms in total. The van der Waals surface area contributed by atoms with E-state index in [9.17, 15) is 9.59 Å². The zero-order valence-electron chi connectivity index (χ0n) is 18.1. The van der Waals surface area contributed by atoms with Crippen molar-refractivity contribution in [2.75, 3.05) is 37.4 Å². The van der Waals surface area contributed by atoms with Crippen LogP contribution < -0.4 is 16.4 Å². The topological polar surface area (TPSA) is 110 Å². The number of nitrogens with one attached hydrogen (secondary N) is 2. The maximum Gasteiger partial charge on any atom is 0.319 e. The Morgan fingerprint density at radius 2 is 2.03 bits per heavy atom. The first-order chi connectivity index (χ1) is 15.3. The molecule has 0 radical (unpaired) electrons. The number of halogens is 1. The average molecular weight is 442 g/mol. The van der Waals surface area contributed by atoms with Gasteiger partial charge in [0.05, 0.1) is 30.2 Å². The third-order valence-corrected chi connectivity index (χ3v) is 6.09. The molecule has 0 unspecified atom stereocenters. The first-order valence-electron chi connectivity index (χ1n) is 10.8. The van der Waals surface area contributed by atoms with Gasteiger partial charge in [-0.15, -0.1) is 0 Å². The van der Waals surface area contributed by atoms with Gasteiger partial charge in [0.1, 0.15) is 0 Å². The highest BCUT2D eigenvalue weighted by Crippen LogP contribution is 2.36. The number of nitrogen functional groups attached to an aromatic ring is 1. The van der Waals surface area contributed by atoms with Crippen molar-refractivity contribution < 1.29 is 18.7 Å². The van der Waals surface area contributed by atoms with Crippen LogP contribution in [0.5, 0.6) is 0 Å². The third-order valence-electron chi connectivity index (χ3n) is 6.09. The molecule has 0 saturated carbocycles. The number of nitrogens with zero attached hydrogens (tertiary/aromatic N) is 2. The van der Waals surface area contributed by atoms with E-state index < -0.39 is 5.67 Å². The van der Waals surface area contributed by atoms with E-state index in [1.54, 1.807) is 35.2 Å². The van der Waals surface area contributed by atoms with Crippen molar-refractivity contribution in [2.24, 2.45) is 0 Å². The molecule has 2 aliphatic rings. The number of hydrogen-bond acceptors (Lipinski definition) is 5. The number of alkyl halides is 1. The maximum atomic E-state index is 15.4. The molecule has 0 spiro atoms. The normalized spacial score (nSPS) is 20.1. The Morgan fingerprint density at radius 3 is 2.69 bits per heavy atom. The van der Waals surface area contributed by atoms with E-state index in [1.165, 1.54) is 6.20 Å². The van der Waals surface area contributed by atoms with E-state index >= 15 is 4.39 Å². The van der Waals surface area contributed by atoms with E-state index in [4.69, 9.17) is 10.5 Å². The van der Waals surface area contributed by atoms with Crippen molar-refractivity contribution in [3.05, 3.63) is 53.3 Å². The van der Waals surface area contributed by atoms with Crippen LogP contribution in [-0.2, 0) is 10.4 Å². The summed E-state index contributed by atoms with van der Waals surface area (Å²) in [7, 11) is 0. The molecule has 2 aromatic rings. The molecular weight excluding hydrogens is 413 g/mol. The highest BCUT2D eigenvalue weighted by atomic mass is 19.1. The van der Waals surface area contributed by atoms with Gasteiger partial charge in [0.25, 0.3) is 5.91 Å². The lowest BCUT2D eigenvalue weighted by Gasteiger charge is -2.36. The Balaban J connectivity index is 1.39. The molecule has 9 heteroatoms. The van der Waals surface area contributed by atoms with E-state index in [0.717, 1.165) is 12.0 Å². The van der Waals surface area contributed by atoms with Crippen molar-refractivity contribution in [1.82, 2.24) is 15.2 Å². The second kappa shape index (κ2) is 9.12. The van der Waals surface area contributed by atoms with Crippen LogP contribution in [0.2, 0.25) is 0 Å². The Kier molecular flexibility index (Phi) is 6.27. The molecule has 1 aromatic carbocycles. The third kappa shape index (κ3) is 4.83. The second-order valence-corrected chi connectivity index (χ2v) is 8.42. The van der Waals surface area contributed by atoms with Crippen LogP contribution in [0.1, 0.15) is 40.9 Å². The number of nitrogens with two attached hydrogens (primary N) is 1. The number of carbonyl (C=O) groups excluding carboxylic acids is 2. The first-order valence-corrected chi connectivity index (χ1v) is 10.8. The molecule has 0 bridgehead atoms. The molecule has 1 atom stereocenters. The van der Waals surface area contributed by atoms with Gasteiger partial charge >= 0.3 is 6.03 Å². The largest absolute Gasteiger partial charge is 0.397 e. The molecule has 4 rings (SSSR count). The van der Waals surface area contributed by atoms with E-state index in [2.05, 4.69) is 15.6 Å². The summed E-state index contributed by atoms with van der Waals surface area (Å²) in [6.45, 7) is 3.56. The van der Waals surface area contributed by atoms with Crippen LogP contribution in [0.4, 0.5) is 20.6 Å². The Labute approximate surface area is 186 Å². The number of hydrogen-bond donors (Lipinski definition) is 3. The predicted molar refractivity (Wildman–Crippen MR) is 119 cm³/mol. The monoisotopic (exact) mass is 441 g/mol. The summed E-state index contributed by atoms with van der Waals surface area (Å²) in [5.74, 6) is -0.190. The minimum absolute atomic E-state index is 0.00927. The zero-order chi connectivity index (χ0) is 22.7. The number of pyridine rings is 1. The number of piperidine rings is 1. The number of likely N-dealkylation sites (tertiary alicyclic amines) is 1. The molecule has 3 heterocycles. The highest BCUT2D eigenvalue weighted by molar-refractivity contribution is 5.97. The van der Waals surface area contributed by atoms with Crippen molar-refractivity contribution in [1.29, 1.82) is 0 Å². The van der Waals surface area contributed by atoms with Crippen molar-refractivity contribution in [3.63, 3.8) is 0 Å². The van der Waals surface area contributed by atoms with Gasteiger partial charge in [-0.05, 0) is 43.2 Å². The fraction of sp³-hybridized carbons (Fsp3) is 0.435. The van der Waals surface area contributed by atoms with Gasteiger partial charge in [0.2, 0.25) is 0 Å². The fourth-order valence-corrected chi connectivity index (χ4v) is 4.06. The molecule has 170 valence electrons. The van der Waals surface area contributed by atoms with Crippen LogP contribution >= 0.6 is 0 Å². The van der Waals surface area contributed by atoms with Crippen LogP contribution in [0.25, 0.3) is 0 Å². The molecule has 2 fully saturated rings. The number of aryl methyl sites for hydroxylation is 1. The van der Waals surface area contributed by atoms with Crippen LogP contribution in [0.3, 0.4) is 0 Å². The molecule has 2 aliphatic heterocycles. The lowest BCUT2D eigenvalue weighted by molar-refractivity contribution is 0.0403. The quantitative estimate of drug-likeness (QED) is 0.676. The predicted octanol–water partition coefficient (Wildman–Crippen LogP) is 2.98. The summed E-state index contributed by atoms with van der Waals surface area (Å²) in [4.78, 5) is 31.1. The van der Waals surface area contributed by atoms with Gasteiger partial charge < -0.3 is 26.0 Å². The van der Waals surface area contributed by atoms with Gasteiger partial charge in [-0.25, -0.2) is 9.18 Å².